The highest BCUT2D eigenvalue weighted by molar-refractivity contribution is 5.99. The van der Waals surface area contributed by atoms with Gasteiger partial charge in [0.1, 0.15) is 5.75 Å². The minimum Gasteiger partial charge on any atom is -0.496 e. The Labute approximate surface area is 136 Å². The molecule has 126 valence electrons. The Balaban J connectivity index is 2.15. The molecule has 1 aliphatic rings. The summed E-state index contributed by atoms with van der Waals surface area (Å²) in [6.07, 6.45) is -0.591. The summed E-state index contributed by atoms with van der Waals surface area (Å²) < 4.78 is 15.3. The quantitative estimate of drug-likeness (QED) is 0.659. The van der Waals surface area contributed by atoms with E-state index >= 15 is 0 Å². The molecule has 0 radical (unpaired) electrons. The summed E-state index contributed by atoms with van der Waals surface area (Å²) in [5.41, 5.74) is 5.03. The minimum atomic E-state index is -0.591. The molecule has 0 saturated carbocycles. The third kappa shape index (κ3) is 4.94. The number of carbonyl (C=O) groups is 1. The summed E-state index contributed by atoms with van der Waals surface area (Å²) in [7, 11) is 2.96. The van der Waals surface area contributed by atoms with E-state index < -0.39 is 6.09 Å². The molecule has 1 fully saturated rings. The first-order valence-corrected chi connectivity index (χ1v) is 7.49. The molecule has 7 nitrogen and oxygen atoms in total. The second-order valence-corrected chi connectivity index (χ2v) is 5.22. The SMILES string of the molecule is COC(=O)N/N=C(/C)c1ccc(OC)c(CN2CCOCC2)c1. The first-order valence-electron chi connectivity index (χ1n) is 7.49. The van der Waals surface area contributed by atoms with Gasteiger partial charge in [0.25, 0.3) is 0 Å². The van der Waals surface area contributed by atoms with E-state index in [4.69, 9.17) is 9.47 Å². The molecule has 0 spiro atoms. The molecule has 1 amide bonds. The Morgan fingerprint density at radius 1 is 1.35 bits per heavy atom. The summed E-state index contributed by atoms with van der Waals surface area (Å²) >= 11 is 0. The summed E-state index contributed by atoms with van der Waals surface area (Å²) in [6.45, 7) is 5.94. The van der Waals surface area contributed by atoms with Crippen molar-refractivity contribution in [1.82, 2.24) is 10.3 Å². The molecule has 23 heavy (non-hydrogen) atoms. The predicted molar refractivity (Wildman–Crippen MR) is 86.8 cm³/mol. The van der Waals surface area contributed by atoms with Crippen molar-refractivity contribution in [2.75, 3.05) is 40.5 Å². The minimum absolute atomic E-state index is 0.591. The average molecular weight is 321 g/mol. The Bertz CT molecular complexity index is 568. The molecule has 0 unspecified atom stereocenters. The lowest BCUT2D eigenvalue weighted by atomic mass is 10.1. The molecular weight excluding hydrogens is 298 g/mol. The number of benzene rings is 1. The van der Waals surface area contributed by atoms with Crippen molar-refractivity contribution < 1.29 is 19.0 Å². The highest BCUT2D eigenvalue weighted by Crippen LogP contribution is 2.22. The van der Waals surface area contributed by atoms with Gasteiger partial charge in [0.05, 0.1) is 33.1 Å². The Morgan fingerprint density at radius 2 is 2.09 bits per heavy atom. The van der Waals surface area contributed by atoms with Crippen molar-refractivity contribution >= 4 is 11.8 Å². The molecule has 7 heteroatoms. The Hall–Kier alpha value is -2.12. The first-order chi connectivity index (χ1) is 11.1. The van der Waals surface area contributed by atoms with E-state index in [1.807, 2.05) is 25.1 Å². The zero-order valence-corrected chi connectivity index (χ0v) is 13.8. The standard InChI is InChI=1S/C16H23N3O4/c1-12(17-18-16(20)22-3)13-4-5-15(21-2)14(10-13)11-19-6-8-23-9-7-19/h4-5,10H,6-9,11H2,1-3H3,(H,18,20)/b17-12-. The molecule has 2 rings (SSSR count). The predicted octanol–water partition coefficient (Wildman–Crippen LogP) is 1.61. The van der Waals surface area contributed by atoms with Crippen LogP contribution in [0.1, 0.15) is 18.1 Å². The van der Waals surface area contributed by atoms with E-state index in [0.29, 0.717) is 5.71 Å². The van der Waals surface area contributed by atoms with Crippen LogP contribution in [0.25, 0.3) is 0 Å². The number of hydrogen-bond donors (Lipinski definition) is 1. The van der Waals surface area contributed by atoms with Crippen molar-refractivity contribution in [3.05, 3.63) is 29.3 Å². The van der Waals surface area contributed by atoms with Gasteiger partial charge in [-0.2, -0.15) is 5.10 Å². The highest BCUT2D eigenvalue weighted by atomic mass is 16.5. The number of nitrogens with one attached hydrogen (secondary N) is 1. The largest absolute Gasteiger partial charge is 0.496 e. The Morgan fingerprint density at radius 3 is 2.74 bits per heavy atom. The summed E-state index contributed by atoms with van der Waals surface area (Å²) in [5.74, 6) is 0.842. The van der Waals surface area contributed by atoms with E-state index in [2.05, 4.69) is 20.2 Å². The van der Waals surface area contributed by atoms with Crippen molar-refractivity contribution in [3.8, 4) is 5.75 Å². The molecule has 1 aromatic carbocycles. The van der Waals surface area contributed by atoms with Gasteiger partial charge in [0, 0.05) is 25.2 Å². The van der Waals surface area contributed by atoms with Crippen LogP contribution < -0.4 is 10.2 Å². The maximum atomic E-state index is 11.1. The van der Waals surface area contributed by atoms with Gasteiger partial charge in [0.2, 0.25) is 0 Å². The normalized spacial score (nSPS) is 16.0. The molecule has 1 N–H and O–H groups in total. The second-order valence-electron chi connectivity index (χ2n) is 5.22. The molecular formula is C16H23N3O4. The number of hydrogen-bond acceptors (Lipinski definition) is 6. The molecule has 0 atom stereocenters. The third-order valence-electron chi connectivity index (χ3n) is 3.70. The second kappa shape index (κ2) is 8.50. The van der Waals surface area contributed by atoms with Gasteiger partial charge in [-0.25, -0.2) is 10.2 Å². The lowest BCUT2D eigenvalue weighted by molar-refractivity contribution is 0.0339. The van der Waals surface area contributed by atoms with E-state index in [-0.39, 0.29) is 0 Å². The van der Waals surface area contributed by atoms with Gasteiger partial charge in [-0.3, -0.25) is 4.90 Å². The van der Waals surface area contributed by atoms with Crippen molar-refractivity contribution in [2.45, 2.75) is 13.5 Å². The molecule has 1 aromatic rings. The van der Waals surface area contributed by atoms with Crippen LogP contribution >= 0.6 is 0 Å². The van der Waals surface area contributed by atoms with Crippen molar-refractivity contribution in [3.63, 3.8) is 0 Å². The monoisotopic (exact) mass is 321 g/mol. The van der Waals surface area contributed by atoms with Crippen molar-refractivity contribution in [2.24, 2.45) is 5.10 Å². The van der Waals surface area contributed by atoms with Gasteiger partial charge in [-0.05, 0) is 30.7 Å². The average Bonchev–Trinajstić information content (AvgIpc) is 2.60. The lowest BCUT2D eigenvalue weighted by Crippen LogP contribution is -2.35. The Kier molecular flexibility index (Phi) is 6.37. The number of amides is 1. The zero-order valence-electron chi connectivity index (χ0n) is 13.8. The first kappa shape index (κ1) is 17.2. The number of rotatable bonds is 5. The fraction of sp³-hybridized carbons (Fsp3) is 0.500. The number of nitrogens with zero attached hydrogens (tertiary/aromatic N) is 2. The lowest BCUT2D eigenvalue weighted by Gasteiger charge is -2.27. The highest BCUT2D eigenvalue weighted by Gasteiger charge is 2.14. The van der Waals surface area contributed by atoms with Crippen LogP contribution in [0.15, 0.2) is 23.3 Å². The molecule has 0 aromatic heterocycles. The van der Waals surface area contributed by atoms with Crippen LogP contribution in [0.2, 0.25) is 0 Å². The van der Waals surface area contributed by atoms with E-state index in [9.17, 15) is 4.79 Å². The van der Waals surface area contributed by atoms with Crippen LogP contribution in [0.3, 0.4) is 0 Å². The van der Waals surface area contributed by atoms with E-state index in [1.54, 1.807) is 7.11 Å². The van der Waals surface area contributed by atoms with Gasteiger partial charge >= 0.3 is 6.09 Å². The van der Waals surface area contributed by atoms with Gasteiger partial charge in [-0.15, -0.1) is 0 Å². The molecule has 0 aliphatic carbocycles. The number of methoxy groups -OCH3 is 2. The fourth-order valence-electron chi connectivity index (χ4n) is 2.37. The number of ether oxygens (including phenoxy) is 3. The van der Waals surface area contributed by atoms with Crippen LogP contribution in [-0.4, -0.2) is 57.2 Å². The molecule has 1 aliphatic heterocycles. The number of morpholine rings is 1. The van der Waals surface area contributed by atoms with Gasteiger partial charge in [-0.1, -0.05) is 0 Å². The van der Waals surface area contributed by atoms with Crippen LogP contribution in [0.5, 0.6) is 5.75 Å². The van der Waals surface area contributed by atoms with Gasteiger partial charge in [0.15, 0.2) is 0 Å². The summed E-state index contributed by atoms with van der Waals surface area (Å²) in [4.78, 5) is 13.4. The molecule has 1 heterocycles. The van der Waals surface area contributed by atoms with Crippen LogP contribution in [0.4, 0.5) is 4.79 Å². The fourth-order valence-corrected chi connectivity index (χ4v) is 2.37. The zero-order chi connectivity index (χ0) is 16.7. The van der Waals surface area contributed by atoms with E-state index in [0.717, 1.165) is 49.7 Å². The molecule has 0 bridgehead atoms. The van der Waals surface area contributed by atoms with Crippen LogP contribution in [0, 0.1) is 0 Å². The van der Waals surface area contributed by atoms with Crippen molar-refractivity contribution in [1.29, 1.82) is 0 Å². The number of hydrazone groups is 1. The smallest absolute Gasteiger partial charge is 0.427 e. The van der Waals surface area contributed by atoms with Crippen LogP contribution in [-0.2, 0) is 16.0 Å². The van der Waals surface area contributed by atoms with E-state index in [1.165, 1.54) is 7.11 Å². The topological polar surface area (TPSA) is 72.4 Å². The maximum absolute atomic E-state index is 11.1. The summed E-state index contributed by atoms with van der Waals surface area (Å²) in [5, 5.41) is 4.03. The van der Waals surface area contributed by atoms with Gasteiger partial charge < -0.3 is 14.2 Å². The summed E-state index contributed by atoms with van der Waals surface area (Å²) in [6, 6.07) is 5.87. The number of carbonyl (C=O) groups excluding carboxylic acids is 1. The molecule has 1 saturated heterocycles. The third-order valence-corrected chi connectivity index (χ3v) is 3.70. The maximum Gasteiger partial charge on any atom is 0.427 e.